The molecule has 1 heteroatoms. The minimum absolute atomic E-state index is 1.05. The molecule has 0 spiro atoms. The van der Waals surface area contributed by atoms with Crippen LogP contribution in [0.5, 0.6) is 0 Å². The van der Waals surface area contributed by atoms with Crippen molar-refractivity contribution in [3.8, 4) is 0 Å². The van der Waals surface area contributed by atoms with Crippen molar-refractivity contribution in [2.45, 2.75) is 27.2 Å². The van der Waals surface area contributed by atoms with Crippen LogP contribution in [0.3, 0.4) is 0 Å². The maximum absolute atomic E-state index is 2.36. The van der Waals surface area contributed by atoms with E-state index < -0.39 is 0 Å². The molecule has 0 bridgehead atoms. The van der Waals surface area contributed by atoms with Gasteiger partial charge in [0.05, 0.1) is 0 Å². The van der Waals surface area contributed by atoms with Crippen molar-refractivity contribution < 1.29 is 4.58 Å². The Bertz CT molecular complexity index is 544. The van der Waals surface area contributed by atoms with Gasteiger partial charge >= 0.3 is 0 Å². The first kappa shape index (κ1) is 14.5. The molecule has 1 aliphatic rings. The lowest BCUT2D eigenvalue weighted by Gasteiger charge is -2.05. The van der Waals surface area contributed by atoms with Gasteiger partial charge in [0.2, 0.25) is 0 Å². The summed E-state index contributed by atoms with van der Waals surface area (Å²) in [5.74, 6) is 0. The molecular formula is C19H24N+. The predicted molar refractivity (Wildman–Crippen MR) is 88.4 cm³/mol. The van der Waals surface area contributed by atoms with E-state index in [2.05, 4.69) is 80.0 Å². The zero-order chi connectivity index (χ0) is 14.4. The van der Waals surface area contributed by atoms with E-state index in [1.165, 1.54) is 22.4 Å². The fourth-order valence-corrected chi connectivity index (χ4v) is 2.41. The maximum Gasteiger partial charge on any atom is 0.199 e. The summed E-state index contributed by atoms with van der Waals surface area (Å²) in [5, 5.41) is 0. The normalized spacial score (nSPS) is 13.8. The molecule has 1 aromatic rings. The van der Waals surface area contributed by atoms with Gasteiger partial charge < -0.3 is 0 Å². The highest BCUT2D eigenvalue weighted by Crippen LogP contribution is 2.14. The lowest BCUT2D eigenvalue weighted by molar-refractivity contribution is -0.519. The Kier molecular flexibility index (Phi) is 5.11. The maximum atomic E-state index is 2.36. The second-order valence-corrected chi connectivity index (χ2v) is 5.00. The van der Waals surface area contributed by atoms with Gasteiger partial charge in [-0.1, -0.05) is 31.2 Å². The van der Waals surface area contributed by atoms with Crippen LogP contribution in [-0.4, -0.2) is 23.4 Å². The van der Waals surface area contributed by atoms with Gasteiger partial charge in [-0.3, -0.25) is 0 Å². The Morgan fingerprint density at radius 2 is 1.45 bits per heavy atom. The fourth-order valence-electron chi connectivity index (χ4n) is 2.41. The minimum Gasteiger partial charge on any atom is -0.231 e. The number of allylic oxidation sites excluding steroid dienone is 5. The summed E-state index contributed by atoms with van der Waals surface area (Å²) in [6.07, 6.45) is 12.1. The van der Waals surface area contributed by atoms with Gasteiger partial charge in [0.25, 0.3) is 0 Å². The first-order valence-corrected chi connectivity index (χ1v) is 7.55. The standard InChI is InChI=1S/C19H24N/c1-4-16-7-9-17(10-8-16)15-18-11-13-19(14-12-18)20(5-2)6-3/h7-15H,4-6H2,1-3H3/q+1. The summed E-state index contributed by atoms with van der Waals surface area (Å²) in [7, 11) is 0. The van der Waals surface area contributed by atoms with E-state index in [9.17, 15) is 0 Å². The molecule has 1 aliphatic carbocycles. The number of aryl methyl sites for hydroxylation is 1. The lowest BCUT2D eigenvalue weighted by atomic mass is 10.0. The monoisotopic (exact) mass is 266 g/mol. The van der Waals surface area contributed by atoms with E-state index in [4.69, 9.17) is 0 Å². The molecule has 2 rings (SSSR count). The smallest absolute Gasteiger partial charge is 0.199 e. The van der Waals surface area contributed by atoms with Crippen LogP contribution in [0, 0.1) is 0 Å². The highest BCUT2D eigenvalue weighted by Gasteiger charge is 2.07. The molecule has 0 heterocycles. The van der Waals surface area contributed by atoms with Gasteiger partial charge in [-0.15, -0.1) is 0 Å². The van der Waals surface area contributed by atoms with Crippen LogP contribution in [0.1, 0.15) is 31.9 Å². The molecule has 0 aliphatic heterocycles. The van der Waals surface area contributed by atoms with Crippen LogP contribution in [-0.2, 0) is 6.42 Å². The predicted octanol–water partition coefficient (Wildman–Crippen LogP) is 4.25. The van der Waals surface area contributed by atoms with Gasteiger partial charge in [-0.25, -0.2) is 4.58 Å². The lowest BCUT2D eigenvalue weighted by Crippen LogP contribution is -2.18. The largest absolute Gasteiger partial charge is 0.231 e. The van der Waals surface area contributed by atoms with Gasteiger partial charge in [0, 0.05) is 12.2 Å². The van der Waals surface area contributed by atoms with Gasteiger partial charge in [-0.05, 0) is 55.2 Å². The third-order valence-electron chi connectivity index (χ3n) is 3.74. The Morgan fingerprint density at radius 1 is 0.850 bits per heavy atom. The third-order valence-corrected chi connectivity index (χ3v) is 3.74. The Hall–Kier alpha value is -1.89. The quantitative estimate of drug-likeness (QED) is 0.717. The molecule has 0 amide bonds. The molecule has 0 fully saturated rings. The second-order valence-electron chi connectivity index (χ2n) is 5.00. The van der Waals surface area contributed by atoms with E-state index in [1.54, 1.807) is 0 Å². The van der Waals surface area contributed by atoms with Crippen molar-refractivity contribution in [2.75, 3.05) is 13.1 Å². The number of rotatable bonds is 4. The molecule has 0 atom stereocenters. The van der Waals surface area contributed by atoms with Gasteiger partial charge in [-0.2, -0.15) is 0 Å². The summed E-state index contributed by atoms with van der Waals surface area (Å²) in [5.41, 5.74) is 5.20. The van der Waals surface area contributed by atoms with Gasteiger partial charge in [0.15, 0.2) is 5.71 Å². The summed E-state index contributed by atoms with van der Waals surface area (Å²) in [4.78, 5) is 0. The number of hydrogen-bond acceptors (Lipinski definition) is 0. The van der Waals surface area contributed by atoms with E-state index in [-0.39, 0.29) is 0 Å². The highest BCUT2D eigenvalue weighted by atomic mass is 15.0. The summed E-state index contributed by atoms with van der Waals surface area (Å²) >= 11 is 0. The molecule has 0 aromatic heterocycles. The molecule has 0 radical (unpaired) electrons. The molecule has 20 heavy (non-hydrogen) atoms. The van der Waals surface area contributed by atoms with E-state index in [0.29, 0.717) is 0 Å². The van der Waals surface area contributed by atoms with Crippen LogP contribution >= 0.6 is 0 Å². The zero-order valence-electron chi connectivity index (χ0n) is 12.8. The number of hydrogen-bond donors (Lipinski definition) is 0. The van der Waals surface area contributed by atoms with E-state index in [0.717, 1.165) is 19.5 Å². The Morgan fingerprint density at radius 3 is 1.95 bits per heavy atom. The first-order chi connectivity index (χ1) is 9.76. The van der Waals surface area contributed by atoms with Crippen LogP contribution in [0.2, 0.25) is 0 Å². The molecule has 104 valence electrons. The second kappa shape index (κ2) is 7.04. The third kappa shape index (κ3) is 3.57. The van der Waals surface area contributed by atoms with Crippen LogP contribution in [0.4, 0.5) is 0 Å². The number of nitrogens with zero attached hydrogens (tertiary/aromatic N) is 1. The van der Waals surface area contributed by atoms with E-state index in [1.807, 2.05) is 0 Å². The van der Waals surface area contributed by atoms with Crippen molar-refractivity contribution in [1.82, 2.24) is 0 Å². The van der Waals surface area contributed by atoms with Gasteiger partial charge in [0.1, 0.15) is 13.1 Å². The average molecular weight is 266 g/mol. The summed E-state index contributed by atoms with van der Waals surface area (Å²) < 4.78 is 2.36. The molecule has 0 N–H and O–H groups in total. The molecule has 1 nitrogen and oxygen atoms in total. The van der Waals surface area contributed by atoms with Crippen molar-refractivity contribution in [1.29, 1.82) is 0 Å². The average Bonchev–Trinajstić information content (AvgIpc) is 2.51. The van der Waals surface area contributed by atoms with Crippen molar-refractivity contribution in [3.63, 3.8) is 0 Å². The molecule has 1 aromatic carbocycles. The SMILES string of the molecule is CCc1ccc(C=C2C=CC(=[N+](CC)CC)C=C2)cc1. The van der Waals surface area contributed by atoms with Crippen LogP contribution in [0.15, 0.2) is 54.1 Å². The highest BCUT2D eigenvalue weighted by molar-refractivity contribution is 6.02. The molecule has 0 saturated heterocycles. The van der Waals surface area contributed by atoms with Crippen molar-refractivity contribution in [3.05, 3.63) is 65.3 Å². The summed E-state index contributed by atoms with van der Waals surface area (Å²) in [6, 6.07) is 8.79. The Balaban J connectivity index is 2.16. The topological polar surface area (TPSA) is 3.01 Å². The van der Waals surface area contributed by atoms with Crippen LogP contribution < -0.4 is 0 Å². The van der Waals surface area contributed by atoms with Crippen LogP contribution in [0.25, 0.3) is 6.08 Å². The Labute approximate surface area is 122 Å². The molecular weight excluding hydrogens is 242 g/mol. The first-order valence-electron chi connectivity index (χ1n) is 7.55. The van der Waals surface area contributed by atoms with E-state index >= 15 is 0 Å². The van der Waals surface area contributed by atoms with Crippen molar-refractivity contribution >= 4 is 11.8 Å². The molecule has 0 saturated carbocycles. The molecule has 0 unspecified atom stereocenters. The summed E-state index contributed by atoms with van der Waals surface area (Å²) in [6.45, 7) is 8.68. The zero-order valence-corrected chi connectivity index (χ0v) is 12.8. The number of benzene rings is 1. The minimum atomic E-state index is 1.05. The fraction of sp³-hybridized carbons (Fsp3) is 0.316. The van der Waals surface area contributed by atoms with Crippen molar-refractivity contribution in [2.24, 2.45) is 0 Å².